The summed E-state index contributed by atoms with van der Waals surface area (Å²) in [7, 11) is 0. The zero-order valence-corrected chi connectivity index (χ0v) is 10.6. The van der Waals surface area contributed by atoms with Crippen LogP contribution >= 0.6 is 0 Å². The summed E-state index contributed by atoms with van der Waals surface area (Å²) in [5.74, 6) is -1.93. The van der Waals surface area contributed by atoms with E-state index in [1.54, 1.807) is 12.1 Å². The van der Waals surface area contributed by atoms with E-state index in [9.17, 15) is 18.3 Å². The normalized spacial score (nSPS) is 12.4. The molecule has 0 fully saturated rings. The summed E-state index contributed by atoms with van der Waals surface area (Å²) in [4.78, 5) is 0. The molecule has 106 valence electrons. The Hall–Kier alpha value is -1.85. The van der Waals surface area contributed by atoms with Crippen LogP contribution in [0.25, 0.3) is 0 Å². The van der Waals surface area contributed by atoms with Crippen molar-refractivity contribution in [1.29, 1.82) is 0 Å². The first-order valence-electron chi connectivity index (χ1n) is 6.15. The standard InChI is InChI=1S/C15H14F3NO/c16-11-4-1-3-10(7-11)8-19-9-14(20)15-12(17)5-2-6-13(15)18/h1-7,14,19-20H,8-9H2. The maximum Gasteiger partial charge on any atom is 0.131 e. The van der Waals surface area contributed by atoms with Gasteiger partial charge < -0.3 is 10.4 Å². The predicted molar refractivity (Wildman–Crippen MR) is 69.4 cm³/mol. The van der Waals surface area contributed by atoms with Gasteiger partial charge in [-0.15, -0.1) is 0 Å². The summed E-state index contributed by atoms with van der Waals surface area (Å²) < 4.78 is 39.8. The quantitative estimate of drug-likeness (QED) is 0.883. The molecule has 20 heavy (non-hydrogen) atoms. The minimum Gasteiger partial charge on any atom is -0.387 e. The molecule has 2 aromatic carbocycles. The molecular weight excluding hydrogens is 267 g/mol. The summed E-state index contributed by atoms with van der Waals surface area (Å²) in [5, 5.41) is 12.6. The van der Waals surface area contributed by atoms with Gasteiger partial charge in [0.1, 0.15) is 17.5 Å². The fourth-order valence-electron chi connectivity index (χ4n) is 1.93. The smallest absolute Gasteiger partial charge is 0.131 e. The van der Waals surface area contributed by atoms with Crippen LogP contribution in [0, 0.1) is 17.5 Å². The molecule has 5 heteroatoms. The number of benzene rings is 2. The summed E-state index contributed by atoms with van der Waals surface area (Å²) >= 11 is 0. The number of aliphatic hydroxyl groups excluding tert-OH is 1. The second-order valence-electron chi connectivity index (χ2n) is 4.41. The van der Waals surface area contributed by atoms with Crippen molar-refractivity contribution in [3.63, 3.8) is 0 Å². The number of nitrogens with one attached hydrogen (secondary N) is 1. The highest BCUT2D eigenvalue weighted by atomic mass is 19.1. The largest absolute Gasteiger partial charge is 0.387 e. The van der Waals surface area contributed by atoms with Gasteiger partial charge in [-0.3, -0.25) is 0 Å². The molecule has 2 N–H and O–H groups in total. The summed E-state index contributed by atoms with van der Waals surface area (Å²) in [6, 6.07) is 9.38. The van der Waals surface area contributed by atoms with Crippen LogP contribution in [-0.2, 0) is 6.54 Å². The molecule has 2 nitrogen and oxygen atoms in total. The van der Waals surface area contributed by atoms with Gasteiger partial charge in [0.2, 0.25) is 0 Å². The van der Waals surface area contributed by atoms with E-state index < -0.39 is 17.7 Å². The second-order valence-corrected chi connectivity index (χ2v) is 4.41. The average molecular weight is 281 g/mol. The Balaban J connectivity index is 1.94. The van der Waals surface area contributed by atoms with E-state index in [0.717, 1.165) is 12.1 Å². The molecule has 0 saturated heterocycles. The van der Waals surface area contributed by atoms with Crippen molar-refractivity contribution in [2.75, 3.05) is 6.54 Å². The molecule has 0 spiro atoms. The first-order valence-corrected chi connectivity index (χ1v) is 6.15. The average Bonchev–Trinajstić information content (AvgIpc) is 2.38. The zero-order chi connectivity index (χ0) is 14.5. The first kappa shape index (κ1) is 14.6. The molecule has 0 aliphatic rings. The maximum absolute atomic E-state index is 13.4. The third kappa shape index (κ3) is 3.59. The molecule has 0 aliphatic carbocycles. The molecule has 0 bridgehead atoms. The molecule has 1 unspecified atom stereocenters. The van der Waals surface area contributed by atoms with E-state index in [4.69, 9.17) is 0 Å². The van der Waals surface area contributed by atoms with E-state index in [-0.39, 0.29) is 17.9 Å². The van der Waals surface area contributed by atoms with Gasteiger partial charge in [-0.2, -0.15) is 0 Å². The number of aliphatic hydroxyl groups is 1. The Kier molecular flexibility index (Phi) is 4.76. The van der Waals surface area contributed by atoms with Crippen molar-refractivity contribution < 1.29 is 18.3 Å². The van der Waals surface area contributed by atoms with Crippen LogP contribution in [0.4, 0.5) is 13.2 Å². The van der Waals surface area contributed by atoms with Crippen molar-refractivity contribution in [1.82, 2.24) is 5.32 Å². The minimum atomic E-state index is -1.30. The Morgan fingerprint density at radius 3 is 2.30 bits per heavy atom. The molecule has 0 heterocycles. The molecule has 2 aromatic rings. The van der Waals surface area contributed by atoms with Crippen molar-refractivity contribution in [3.8, 4) is 0 Å². The van der Waals surface area contributed by atoms with E-state index in [0.29, 0.717) is 12.1 Å². The summed E-state index contributed by atoms with van der Waals surface area (Å²) in [6.07, 6.45) is -1.30. The molecule has 0 aliphatic heterocycles. The van der Waals surface area contributed by atoms with E-state index >= 15 is 0 Å². The zero-order valence-electron chi connectivity index (χ0n) is 10.6. The third-order valence-corrected chi connectivity index (χ3v) is 2.89. The molecule has 2 rings (SSSR count). The number of halogens is 3. The lowest BCUT2D eigenvalue weighted by molar-refractivity contribution is 0.164. The Labute approximate surface area is 114 Å². The highest BCUT2D eigenvalue weighted by molar-refractivity contribution is 5.22. The van der Waals surface area contributed by atoms with Crippen LogP contribution in [0.3, 0.4) is 0 Å². The van der Waals surface area contributed by atoms with Crippen LogP contribution in [0.5, 0.6) is 0 Å². The van der Waals surface area contributed by atoms with Gasteiger partial charge in [-0.25, -0.2) is 13.2 Å². The van der Waals surface area contributed by atoms with Crippen LogP contribution in [-0.4, -0.2) is 11.7 Å². The van der Waals surface area contributed by atoms with Crippen LogP contribution < -0.4 is 5.32 Å². The lowest BCUT2D eigenvalue weighted by atomic mass is 10.1. The lowest BCUT2D eigenvalue weighted by Gasteiger charge is -2.14. The van der Waals surface area contributed by atoms with Gasteiger partial charge >= 0.3 is 0 Å². The Morgan fingerprint density at radius 2 is 1.65 bits per heavy atom. The van der Waals surface area contributed by atoms with Gasteiger partial charge in [-0.1, -0.05) is 18.2 Å². The second kappa shape index (κ2) is 6.54. The van der Waals surface area contributed by atoms with Crippen LogP contribution in [0.2, 0.25) is 0 Å². The molecule has 0 saturated carbocycles. The van der Waals surface area contributed by atoms with Crippen LogP contribution in [0.15, 0.2) is 42.5 Å². The molecule has 0 amide bonds. The van der Waals surface area contributed by atoms with Gasteiger partial charge in [0.15, 0.2) is 0 Å². The Bertz CT molecular complexity index is 569. The Morgan fingerprint density at radius 1 is 1.00 bits per heavy atom. The van der Waals surface area contributed by atoms with Crippen molar-refractivity contribution in [2.45, 2.75) is 12.6 Å². The van der Waals surface area contributed by atoms with Crippen molar-refractivity contribution in [3.05, 3.63) is 71.0 Å². The van der Waals surface area contributed by atoms with Gasteiger partial charge in [0.05, 0.1) is 11.7 Å². The van der Waals surface area contributed by atoms with E-state index in [1.165, 1.54) is 18.2 Å². The number of hydrogen-bond donors (Lipinski definition) is 2. The monoisotopic (exact) mass is 281 g/mol. The maximum atomic E-state index is 13.4. The molecular formula is C15H14F3NO. The summed E-state index contributed by atoms with van der Waals surface area (Å²) in [5.41, 5.74) is 0.324. The van der Waals surface area contributed by atoms with Gasteiger partial charge in [0, 0.05) is 13.1 Å². The van der Waals surface area contributed by atoms with Gasteiger partial charge in [-0.05, 0) is 29.8 Å². The highest BCUT2D eigenvalue weighted by Gasteiger charge is 2.17. The SMILES string of the molecule is OC(CNCc1cccc(F)c1)c1c(F)cccc1F. The van der Waals surface area contributed by atoms with Crippen molar-refractivity contribution in [2.24, 2.45) is 0 Å². The first-order chi connectivity index (χ1) is 9.58. The van der Waals surface area contributed by atoms with Crippen LogP contribution in [0.1, 0.15) is 17.2 Å². The van der Waals surface area contributed by atoms with Crippen molar-refractivity contribution >= 4 is 0 Å². The molecule has 0 aromatic heterocycles. The fourth-order valence-corrected chi connectivity index (χ4v) is 1.93. The highest BCUT2D eigenvalue weighted by Crippen LogP contribution is 2.20. The predicted octanol–water partition coefficient (Wildman–Crippen LogP) is 2.93. The fraction of sp³-hybridized carbons (Fsp3) is 0.200. The van der Waals surface area contributed by atoms with Gasteiger partial charge in [0.25, 0.3) is 0 Å². The molecule has 1 atom stereocenters. The van der Waals surface area contributed by atoms with E-state index in [2.05, 4.69) is 5.32 Å². The minimum absolute atomic E-state index is 0.0334. The number of rotatable bonds is 5. The van der Waals surface area contributed by atoms with E-state index in [1.807, 2.05) is 0 Å². The third-order valence-electron chi connectivity index (χ3n) is 2.89. The summed E-state index contributed by atoms with van der Waals surface area (Å²) in [6.45, 7) is 0.263. The topological polar surface area (TPSA) is 32.3 Å². The molecule has 0 radical (unpaired) electrons. The lowest BCUT2D eigenvalue weighted by Crippen LogP contribution is -2.22. The number of hydrogen-bond acceptors (Lipinski definition) is 2.